The molecule has 2 aromatic heterocycles. The number of thiophene rings is 1. The van der Waals surface area contributed by atoms with Gasteiger partial charge in [-0.05, 0) is 56.5 Å². The van der Waals surface area contributed by atoms with E-state index < -0.39 is 0 Å². The van der Waals surface area contributed by atoms with Crippen molar-refractivity contribution in [3.8, 4) is 0 Å². The molecule has 0 radical (unpaired) electrons. The number of carbonyl (C=O) groups excluding carboxylic acids is 1. The van der Waals surface area contributed by atoms with Gasteiger partial charge in [0, 0.05) is 16.8 Å². The number of aryl methyl sites for hydroxylation is 2. The van der Waals surface area contributed by atoms with E-state index in [0.29, 0.717) is 16.6 Å². The van der Waals surface area contributed by atoms with Crippen LogP contribution in [-0.4, -0.2) is 28.2 Å². The smallest absolute Gasteiger partial charge is 0.341 e. The number of esters is 1. The minimum atomic E-state index is -0.327. The minimum absolute atomic E-state index is 0.327. The standard InChI is InChI=1S/C16H18N4O2S2/c1-9-7-8-17-15(18-9)20-16(23)19-13-12(14(21)22-2)10-5-3-4-6-11(10)24-13/h7-8H,3-6H2,1-2H3,(H2,17,18,19,20,23). The van der Waals surface area contributed by atoms with Gasteiger partial charge in [0.1, 0.15) is 5.00 Å². The summed E-state index contributed by atoms with van der Waals surface area (Å²) in [4.78, 5) is 21.8. The van der Waals surface area contributed by atoms with Gasteiger partial charge in [-0.15, -0.1) is 11.3 Å². The van der Waals surface area contributed by atoms with E-state index in [9.17, 15) is 4.79 Å². The zero-order chi connectivity index (χ0) is 17.1. The van der Waals surface area contributed by atoms with Crippen molar-refractivity contribution in [2.75, 3.05) is 17.7 Å². The van der Waals surface area contributed by atoms with E-state index in [2.05, 4.69) is 20.6 Å². The second-order valence-electron chi connectivity index (χ2n) is 5.51. The number of anilines is 2. The van der Waals surface area contributed by atoms with E-state index in [1.54, 1.807) is 17.5 Å². The quantitative estimate of drug-likeness (QED) is 0.641. The van der Waals surface area contributed by atoms with E-state index in [1.165, 1.54) is 12.0 Å². The molecule has 2 aromatic rings. The first-order chi connectivity index (χ1) is 11.6. The summed E-state index contributed by atoms with van der Waals surface area (Å²) in [5, 5.41) is 7.13. The molecular formula is C16H18N4O2S2. The molecule has 0 fully saturated rings. The average Bonchev–Trinajstić information content (AvgIpc) is 2.91. The molecule has 0 aromatic carbocycles. The zero-order valence-corrected chi connectivity index (χ0v) is 15.1. The van der Waals surface area contributed by atoms with Crippen LogP contribution in [0.15, 0.2) is 12.3 Å². The molecule has 0 saturated carbocycles. The maximum atomic E-state index is 12.2. The van der Waals surface area contributed by atoms with Gasteiger partial charge in [-0.2, -0.15) is 0 Å². The lowest BCUT2D eigenvalue weighted by Gasteiger charge is -2.12. The predicted octanol–water partition coefficient (Wildman–Crippen LogP) is 3.32. The number of nitrogens with one attached hydrogen (secondary N) is 2. The fraction of sp³-hybridized carbons (Fsp3) is 0.375. The topological polar surface area (TPSA) is 76.1 Å². The summed E-state index contributed by atoms with van der Waals surface area (Å²) >= 11 is 6.90. The van der Waals surface area contributed by atoms with Gasteiger partial charge in [-0.3, -0.25) is 0 Å². The van der Waals surface area contributed by atoms with E-state index in [0.717, 1.165) is 41.9 Å². The van der Waals surface area contributed by atoms with Crippen LogP contribution in [0.1, 0.15) is 39.3 Å². The predicted molar refractivity (Wildman–Crippen MR) is 98.9 cm³/mol. The highest BCUT2D eigenvalue weighted by Crippen LogP contribution is 2.38. The average molecular weight is 362 g/mol. The molecule has 24 heavy (non-hydrogen) atoms. The van der Waals surface area contributed by atoms with Crippen molar-refractivity contribution in [3.63, 3.8) is 0 Å². The van der Waals surface area contributed by atoms with Crippen LogP contribution in [0, 0.1) is 6.92 Å². The van der Waals surface area contributed by atoms with Gasteiger partial charge in [0.2, 0.25) is 5.95 Å². The summed E-state index contributed by atoms with van der Waals surface area (Å²) in [7, 11) is 1.40. The Bertz CT molecular complexity index is 788. The van der Waals surface area contributed by atoms with Gasteiger partial charge >= 0.3 is 5.97 Å². The van der Waals surface area contributed by atoms with Crippen molar-refractivity contribution in [1.29, 1.82) is 0 Å². The number of hydrogen-bond donors (Lipinski definition) is 2. The number of thiocarbonyl (C=S) groups is 1. The Labute approximate surface area is 149 Å². The fourth-order valence-electron chi connectivity index (χ4n) is 2.72. The van der Waals surface area contributed by atoms with Crippen LogP contribution in [-0.2, 0) is 17.6 Å². The number of methoxy groups -OCH3 is 1. The van der Waals surface area contributed by atoms with Gasteiger partial charge < -0.3 is 15.4 Å². The Morgan fingerprint density at radius 3 is 2.88 bits per heavy atom. The molecular weight excluding hydrogens is 344 g/mol. The van der Waals surface area contributed by atoms with E-state index in [1.807, 2.05) is 13.0 Å². The minimum Gasteiger partial charge on any atom is -0.465 e. The largest absolute Gasteiger partial charge is 0.465 e. The van der Waals surface area contributed by atoms with Crippen molar-refractivity contribution in [2.24, 2.45) is 0 Å². The first-order valence-electron chi connectivity index (χ1n) is 7.69. The van der Waals surface area contributed by atoms with Gasteiger partial charge in [0.25, 0.3) is 0 Å². The molecule has 3 rings (SSSR count). The molecule has 0 saturated heterocycles. The lowest BCUT2D eigenvalue weighted by Crippen LogP contribution is -2.21. The van der Waals surface area contributed by atoms with Crippen molar-refractivity contribution >= 4 is 45.6 Å². The molecule has 126 valence electrons. The number of fused-ring (bicyclic) bond motifs is 1. The van der Waals surface area contributed by atoms with Crippen LogP contribution in [0.5, 0.6) is 0 Å². The number of hydrogen-bond acceptors (Lipinski definition) is 6. The van der Waals surface area contributed by atoms with Gasteiger partial charge in [-0.25, -0.2) is 14.8 Å². The third kappa shape index (κ3) is 3.54. The highest BCUT2D eigenvalue weighted by atomic mass is 32.1. The van der Waals surface area contributed by atoms with Crippen molar-refractivity contribution in [2.45, 2.75) is 32.6 Å². The Morgan fingerprint density at radius 1 is 1.33 bits per heavy atom. The molecule has 6 nitrogen and oxygen atoms in total. The molecule has 2 heterocycles. The maximum absolute atomic E-state index is 12.2. The molecule has 8 heteroatoms. The normalized spacial score (nSPS) is 13.1. The van der Waals surface area contributed by atoms with E-state index in [-0.39, 0.29) is 5.97 Å². The van der Waals surface area contributed by atoms with Crippen molar-refractivity contribution in [1.82, 2.24) is 9.97 Å². The zero-order valence-electron chi connectivity index (χ0n) is 13.5. The molecule has 2 N–H and O–H groups in total. The number of nitrogens with zero attached hydrogens (tertiary/aromatic N) is 2. The molecule has 0 amide bonds. The van der Waals surface area contributed by atoms with E-state index >= 15 is 0 Å². The number of aromatic nitrogens is 2. The molecule has 0 aliphatic heterocycles. The van der Waals surface area contributed by atoms with Crippen LogP contribution in [0.25, 0.3) is 0 Å². The van der Waals surface area contributed by atoms with Gasteiger partial charge in [0.15, 0.2) is 5.11 Å². The molecule has 0 spiro atoms. The molecule has 1 aliphatic carbocycles. The second-order valence-corrected chi connectivity index (χ2v) is 7.02. The SMILES string of the molecule is COC(=O)c1c(NC(=S)Nc2nccc(C)n2)sc2c1CCCC2. The fourth-order valence-corrected chi connectivity index (χ4v) is 4.26. The third-order valence-electron chi connectivity index (χ3n) is 3.81. The summed E-state index contributed by atoms with van der Waals surface area (Å²) in [6.45, 7) is 1.88. The van der Waals surface area contributed by atoms with Gasteiger partial charge in [-0.1, -0.05) is 0 Å². The van der Waals surface area contributed by atoms with Crippen LogP contribution < -0.4 is 10.6 Å². The summed E-state index contributed by atoms with van der Waals surface area (Å²) < 4.78 is 4.96. The van der Waals surface area contributed by atoms with Crippen LogP contribution >= 0.6 is 23.6 Å². The third-order valence-corrected chi connectivity index (χ3v) is 5.22. The van der Waals surface area contributed by atoms with E-state index in [4.69, 9.17) is 17.0 Å². The van der Waals surface area contributed by atoms with Crippen molar-refractivity contribution in [3.05, 3.63) is 34.0 Å². The molecule has 0 unspecified atom stereocenters. The summed E-state index contributed by atoms with van der Waals surface area (Å²) in [6.07, 6.45) is 5.80. The molecule has 0 atom stereocenters. The number of ether oxygens (including phenoxy) is 1. The summed E-state index contributed by atoms with van der Waals surface area (Å²) in [5.41, 5.74) is 2.54. The monoisotopic (exact) mass is 362 g/mol. The lowest BCUT2D eigenvalue weighted by molar-refractivity contribution is 0.0601. The lowest BCUT2D eigenvalue weighted by atomic mass is 9.95. The Kier molecular flexibility index (Phi) is 5.06. The van der Waals surface area contributed by atoms with Crippen LogP contribution in [0.2, 0.25) is 0 Å². The second kappa shape index (κ2) is 7.23. The highest BCUT2D eigenvalue weighted by molar-refractivity contribution is 7.80. The summed E-state index contributed by atoms with van der Waals surface area (Å²) in [6, 6.07) is 1.81. The Morgan fingerprint density at radius 2 is 2.12 bits per heavy atom. The maximum Gasteiger partial charge on any atom is 0.341 e. The number of carbonyl (C=O) groups is 1. The Hall–Kier alpha value is -2.06. The molecule has 1 aliphatic rings. The summed E-state index contributed by atoms with van der Waals surface area (Å²) in [5.74, 6) is 0.0972. The highest BCUT2D eigenvalue weighted by Gasteiger charge is 2.26. The van der Waals surface area contributed by atoms with Crippen LogP contribution in [0.4, 0.5) is 10.9 Å². The van der Waals surface area contributed by atoms with Crippen LogP contribution in [0.3, 0.4) is 0 Å². The first kappa shape index (κ1) is 16.8. The Balaban J connectivity index is 1.82. The number of rotatable bonds is 3. The van der Waals surface area contributed by atoms with Gasteiger partial charge in [0.05, 0.1) is 12.7 Å². The first-order valence-corrected chi connectivity index (χ1v) is 8.91. The van der Waals surface area contributed by atoms with Crippen molar-refractivity contribution < 1.29 is 9.53 Å². The molecule has 0 bridgehead atoms.